The lowest BCUT2D eigenvalue weighted by Gasteiger charge is -2.23. The Hall–Kier alpha value is -3.39. The lowest BCUT2D eigenvalue weighted by molar-refractivity contribution is 0.339. The highest BCUT2D eigenvalue weighted by molar-refractivity contribution is 7.80. The molecule has 3 aromatic rings. The number of nitrogens with zero attached hydrogens (tertiary/aromatic N) is 3. The van der Waals surface area contributed by atoms with E-state index in [4.69, 9.17) is 26.8 Å². The minimum absolute atomic E-state index is 0.421. The van der Waals surface area contributed by atoms with Gasteiger partial charge in [-0.2, -0.15) is 14.9 Å². The summed E-state index contributed by atoms with van der Waals surface area (Å²) < 4.78 is 13.6. The number of rotatable bonds is 8. The Morgan fingerprint density at radius 3 is 2.50 bits per heavy atom. The molecule has 4 rings (SSSR count). The third kappa shape index (κ3) is 6.14. The summed E-state index contributed by atoms with van der Waals surface area (Å²) in [6, 6.07) is 17.8. The molecule has 0 atom stereocenters. The summed E-state index contributed by atoms with van der Waals surface area (Å²) in [6.45, 7) is 4.51. The summed E-state index contributed by atoms with van der Waals surface area (Å²) in [5.74, 6) is 2.05. The first-order chi connectivity index (χ1) is 16.6. The number of aromatic nitrogens is 2. The van der Waals surface area contributed by atoms with Crippen molar-refractivity contribution in [2.75, 3.05) is 6.61 Å². The summed E-state index contributed by atoms with van der Waals surface area (Å²) in [5.41, 5.74) is 5.41. The maximum absolute atomic E-state index is 6.31. The van der Waals surface area contributed by atoms with Crippen molar-refractivity contribution in [2.24, 2.45) is 5.10 Å². The van der Waals surface area contributed by atoms with Gasteiger partial charge in [-0.1, -0.05) is 37.5 Å². The second-order valence-corrected chi connectivity index (χ2v) is 8.64. The van der Waals surface area contributed by atoms with Crippen LogP contribution in [0.3, 0.4) is 0 Å². The van der Waals surface area contributed by atoms with Crippen molar-refractivity contribution < 1.29 is 9.47 Å². The van der Waals surface area contributed by atoms with Crippen LogP contribution < -0.4 is 20.2 Å². The van der Waals surface area contributed by atoms with Crippen LogP contribution in [-0.2, 0) is 0 Å². The Morgan fingerprint density at radius 2 is 1.79 bits per heavy atom. The van der Waals surface area contributed by atoms with E-state index >= 15 is 0 Å². The zero-order chi connectivity index (χ0) is 23.8. The molecule has 1 aliphatic carbocycles. The number of aryl methyl sites for hydroxylation is 1. The van der Waals surface area contributed by atoms with Crippen molar-refractivity contribution in [1.82, 2.24) is 20.5 Å². The van der Waals surface area contributed by atoms with E-state index in [1.165, 1.54) is 19.3 Å². The molecule has 0 radical (unpaired) electrons. The third-order valence-corrected chi connectivity index (χ3v) is 5.92. The second kappa shape index (κ2) is 11.7. The first-order valence-electron chi connectivity index (χ1n) is 11.8. The van der Waals surface area contributed by atoms with Crippen LogP contribution in [0.5, 0.6) is 17.4 Å². The Bertz CT molecular complexity index is 1110. The standard InChI is InChI=1S/C26H31N5O2S/c1-3-32-22-14-16-23(17-15-22)33-25-24(19(2)30-31(25)21-12-8-5-9-13-21)18-27-29-26(34)28-20-10-6-4-7-11-20/h5,8-9,12-18,20H,3-4,6-7,10-11H2,1-2H3,(H2,28,29,34). The summed E-state index contributed by atoms with van der Waals surface area (Å²) in [4.78, 5) is 0. The van der Waals surface area contributed by atoms with Gasteiger partial charge in [0.15, 0.2) is 5.11 Å². The van der Waals surface area contributed by atoms with Crippen molar-refractivity contribution in [3.8, 4) is 23.1 Å². The van der Waals surface area contributed by atoms with Crippen LogP contribution in [0.25, 0.3) is 5.69 Å². The molecule has 34 heavy (non-hydrogen) atoms. The average Bonchev–Trinajstić information content (AvgIpc) is 3.16. The Morgan fingerprint density at radius 1 is 1.09 bits per heavy atom. The molecular weight excluding hydrogens is 446 g/mol. The van der Waals surface area contributed by atoms with Crippen LogP contribution in [0.15, 0.2) is 59.7 Å². The van der Waals surface area contributed by atoms with Gasteiger partial charge in [0, 0.05) is 6.04 Å². The Kier molecular flexibility index (Phi) is 8.14. The Balaban J connectivity index is 1.55. The molecule has 1 heterocycles. The van der Waals surface area contributed by atoms with Gasteiger partial charge in [0.25, 0.3) is 0 Å². The number of thiocarbonyl (C=S) groups is 1. The third-order valence-electron chi connectivity index (χ3n) is 5.71. The van der Waals surface area contributed by atoms with Crippen LogP contribution in [0.4, 0.5) is 0 Å². The molecule has 2 N–H and O–H groups in total. The van der Waals surface area contributed by atoms with Crippen LogP contribution in [0, 0.1) is 6.92 Å². The fourth-order valence-corrected chi connectivity index (χ4v) is 4.23. The minimum atomic E-state index is 0.421. The molecule has 2 aromatic carbocycles. The predicted octanol–water partition coefficient (Wildman–Crippen LogP) is 5.50. The van der Waals surface area contributed by atoms with Gasteiger partial charge >= 0.3 is 0 Å². The van der Waals surface area contributed by atoms with E-state index in [1.54, 1.807) is 10.9 Å². The molecule has 0 aliphatic heterocycles. The monoisotopic (exact) mass is 477 g/mol. The molecule has 0 saturated heterocycles. The van der Waals surface area contributed by atoms with Crippen molar-refractivity contribution in [1.29, 1.82) is 0 Å². The van der Waals surface area contributed by atoms with E-state index in [0.29, 0.717) is 29.4 Å². The normalized spacial score (nSPS) is 14.2. The lowest BCUT2D eigenvalue weighted by Crippen LogP contribution is -2.40. The molecule has 1 saturated carbocycles. The van der Waals surface area contributed by atoms with E-state index < -0.39 is 0 Å². The topological polar surface area (TPSA) is 72.7 Å². The molecular formula is C26H31N5O2S. The van der Waals surface area contributed by atoms with E-state index in [2.05, 4.69) is 15.8 Å². The molecule has 1 aliphatic rings. The molecule has 0 bridgehead atoms. The Labute approximate surface area is 206 Å². The summed E-state index contributed by atoms with van der Waals surface area (Å²) in [5, 5.41) is 13.0. The fraction of sp³-hybridized carbons (Fsp3) is 0.346. The first kappa shape index (κ1) is 23.8. The summed E-state index contributed by atoms with van der Waals surface area (Å²) >= 11 is 5.44. The molecule has 0 unspecified atom stereocenters. The molecule has 0 amide bonds. The quantitative estimate of drug-likeness (QED) is 0.253. The highest BCUT2D eigenvalue weighted by Gasteiger charge is 2.18. The highest BCUT2D eigenvalue weighted by atomic mass is 32.1. The molecule has 1 fully saturated rings. The number of hydrogen-bond acceptors (Lipinski definition) is 5. The van der Waals surface area contributed by atoms with Crippen LogP contribution in [0.1, 0.15) is 50.3 Å². The second-order valence-electron chi connectivity index (χ2n) is 8.24. The van der Waals surface area contributed by atoms with Crippen molar-refractivity contribution in [3.05, 3.63) is 65.9 Å². The zero-order valence-electron chi connectivity index (χ0n) is 19.7. The van der Waals surface area contributed by atoms with Crippen LogP contribution in [0.2, 0.25) is 0 Å². The predicted molar refractivity (Wildman–Crippen MR) is 139 cm³/mol. The van der Waals surface area contributed by atoms with Gasteiger partial charge < -0.3 is 14.8 Å². The molecule has 178 valence electrons. The summed E-state index contributed by atoms with van der Waals surface area (Å²) in [7, 11) is 0. The van der Waals surface area contributed by atoms with Gasteiger partial charge in [-0.25, -0.2) is 0 Å². The number of hydrazone groups is 1. The van der Waals surface area contributed by atoms with Crippen LogP contribution in [-0.4, -0.2) is 33.8 Å². The maximum Gasteiger partial charge on any atom is 0.231 e. The van der Waals surface area contributed by atoms with E-state index in [1.807, 2.05) is 68.4 Å². The van der Waals surface area contributed by atoms with Gasteiger partial charge in [0.2, 0.25) is 5.88 Å². The van der Waals surface area contributed by atoms with Gasteiger partial charge in [0.1, 0.15) is 11.5 Å². The number of para-hydroxylation sites is 1. The van der Waals surface area contributed by atoms with Gasteiger partial charge in [0.05, 0.1) is 29.8 Å². The van der Waals surface area contributed by atoms with E-state index in [9.17, 15) is 0 Å². The molecule has 8 heteroatoms. The van der Waals surface area contributed by atoms with Gasteiger partial charge in [-0.05, 0) is 75.3 Å². The lowest BCUT2D eigenvalue weighted by atomic mass is 9.96. The average molecular weight is 478 g/mol. The molecule has 0 spiro atoms. The van der Waals surface area contributed by atoms with Gasteiger partial charge in [-0.3, -0.25) is 5.43 Å². The van der Waals surface area contributed by atoms with Crippen LogP contribution >= 0.6 is 12.2 Å². The number of ether oxygens (including phenoxy) is 2. The van der Waals surface area contributed by atoms with Crippen molar-refractivity contribution in [3.63, 3.8) is 0 Å². The fourth-order valence-electron chi connectivity index (χ4n) is 4.01. The molecule has 7 nitrogen and oxygen atoms in total. The largest absolute Gasteiger partial charge is 0.494 e. The minimum Gasteiger partial charge on any atom is -0.494 e. The van der Waals surface area contributed by atoms with E-state index in [0.717, 1.165) is 35.5 Å². The zero-order valence-corrected chi connectivity index (χ0v) is 20.5. The van der Waals surface area contributed by atoms with Gasteiger partial charge in [-0.15, -0.1) is 0 Å². The maximum atomic E-state index is 6.31. The van der Waals surface area contributed by atoms with E-state index in [-0.39, 0.29) is 0 Å². The highest BCUT2D eigenvalue weighted by Crippen LogP contribution is 2.30. The smallest absolute Gasteiger partial charge is 0.231 e. The SMILES string of the molecule is CCOc1ccc(Oc2c(C=NNC(=S)NC3CCCCC3)c(C)nn2-c2ccccc2)cc1. The molecule has 1 aromatic heterocycles. The number of hydrogen-bond donors (Lipinski definition) is 2. The van der Waals surface area contributed by atoms with Crippen molar-refractivity contribution >= 4 is 23.5 Å². The number of nitrogens with one attached hydrogen (secondary N) is 2. The summed E-state index contributed by atoms with van der Waals surface area (Å²) in [6.07, 6.45) is 7.79. The first-order valence-corrected chi connectivity index (χ1v) is 12.2. The van der Waals surface area contributed by atoms with Crippen molar-refractivity contribution in [2.45, 2.75) is 52.0 Å². The number of benzene rings is 2.